The van der Waals surface area contributed by atoms with E-state index < -0.39 is 11.7 Å². The quantitative estimate of drug-likeness (QED) is 0.802. The molecule has 1 aromatic heterocycles. The lowest BCUT2D eigenvalue weighted by molar-refractivity contribution is 0.0511. The van der Waals surface area contributed by atoms with Crippen LogP contribution in [0.1, 0.15) is 52.9 Å². The van der Waals surface area contributed by atoms with E-state index in [0.717, 1.165) is 6.42 Å². The third-order valence-corrected chi connectivity index (χ3v) is 6.46. The average molecular weight is 316 g/mol. The minimum atomic E-state index is -0.526. The summed E-state index contributed by atoms with van der Waals surface area (Å²) in [6, 6.07) is 1.72. The van der Waals surface area contributed by atoms with Gasteiger partial charge in [-0.25, -0.2) is 4.79 Å². The number of ether oxygens (including phenoxy) is 2. The van der Waals surface area contributed by atoms with E-state index in [2.05, 4.69) is 12.9 Å². The molecule has 0 aromatic carbocycles. The first kappa shape index (κ1) is 15.1. The maximum Gasteiger partial charge on any atom is 0.435 e. The van der Waals surface area contributed by atoms with E-state index in [0.29, 0.717) is 28.6 Å². The van der Waals surface area contributed by atoms with Gasteiger partial charge in [0.15, 0.2) is 0 Å². The van der Waals surface area contributed by atoms with Crippen molar-refractivity contribution in [3.63, 3.8) is 0 Å². The van der Waals surface area contributed by atoms with Crippen LogP contribution in [0, 0.1) is 10.8 Å². The molecule has 3 aliphatic carbocycles. The third-order valence-electron chi connectivity index (χ3n) is 6.46. The van der Waals surface area contributed by atoms with Gasteiger partial charge in [-0.15, -0.1) is 5.10 Å². The summed E-state index contributed by atoms with van der Waals surface area (Å²) >= 11 is 0. The molecule has 0 saturated heterocycles. The van der Waals surface area contributed by atoms with Gasteiger partial charge in [-0.2, -0.15) is 4.68 Å². The molecule has 0 unspecified atom stereocenters. The minimum Gasteiger partial charge on any atom is -0.477 e. The number of hydrogen-bond acceptors (Lipinski definition) is 4. The monoisotopic (exact) mass is 316 g/mol. The van der Waals surface area contributed by atoms with Crippen molar-refractivity contribution in [2.24, 2.45) is 10.8 Å². The summed E-state index contributed by atoms with van der Waals surface area (Å²) in [7, 11) is 2.44. The average Bonchev–Trinajstić information content (AvgIpc) is 3.35. The van der Waals surface area contributed by atoms with Crippen LogP contribution in [0.2, 0.25) is 5.31 Å². The first-order chi connectivity index (χ1) is 10.7. The lowest BCUT2D eigenvalue weighted by Gasteiger charge is -2.18. The maximum absolute atomic E-state index is 11.9. The molecule has 1 aromatic rings. The summed E-state index contributed by atoms with van der Waals surface area (Å²) in [5.74, 6) is 0.495. The summed E-state index contributed by atoms with van der Waals surface area (Å²) in [4.78, 5) is 11.9. The number of carbonyl (C=O) groups is 1. The van der Waals surface area contributed by atoms with Crippen LogP contribution in [0.5, 0.6) is 5.88 Å². The molecule has 0 N–H and O–H groups in total. The highest BCUT2D eigenvalue weighted by molar-refractivity contribution is 6.20. The fraction of sp³-hybridized carbons (Fsp3) is 0.765. The maximum atomic E-state index is 11.9. The van der Waals surface area contributed by atoms with Gasteiger partial charge < -0.3 is 9.47 Å². The van der Waals surface area contributed by atoms with E-state index in [4.69, 9.17) is 9.47 Å². The molecular formula is C17H25BN2O3. The van der Waals surface area contributed by atoms with Gasteiger partial charge in [-0.3, -0.25) is 0 Å². The van der Waals surface area contributed by atoms with Crippen molar-refractivity contribution in [2.45, 2.75) is 63.8 Å². The van der Waals surface area contributed by atoms with Gasteiger partial charge in [0.1, 0.15) is 13.4 Å². The molecule has 23 heavy (non-hydrogen) atoms. The molecular weight excluding hydrogens is 291 g/mol. The zero-order valence-electron chi connectivity index (χ0n) is 14.5. The molecule has 5 nitrogen and oxygen atoms in total. The largest absolute Gasteiger partial charge is 0.477 e. The molecule has 4 rings (SSSR count). The predicted octanol–water partition coefficient (Wildman–Crippen LogP) is 2.80. The fourth-order valence-corrected chi connectivity index (χ4v) is 5.08. The van der Waals surface area contributed by atoms with E-state index in [-0.39, 0.29) is 0 Å². The Bertz CT molecular complexity index is 635. The Labute approximate surface area is 138 Å². The Morgan fingerprint density at radius 3 is 2.43 bits per heavy atom. The molecule has 6 heteroatoms. The number of hydrogen-bond donors (Lipinski definition) is 0. The molecule has 0 bridgehead atoms. The van der Waals surface area contributed by atoms with Crippen LogP contribution in [-0.4, -0.2) is 35.9 Å². The van der Waals surface area contributed by atoms with Gasteiger partial charge in [-0.05, 0) is 69.0 Å². The molecule has 2 spiro atoms. The Morgan fingerprint density at radius 1 is 1.30 bits per heavy atom. The second kappa shape index (κ2) is 4.34. The summed E-state index contributed by atoms with van der Waals surface area (Å²) in [6.07, 6.45) is 7.86. The molecule has 0 atom stereocenters. The van der Waals surface area contributed by atoms with Crippen molar-refractivity contribution in [2.75, 3.05) is 6.61 Å². The lowest BCUT2D eigenvalue weighted by Crippen LogP contribution is -2.27. The molecule has 124 valence electrons. The lowest BCUT2D eigenvalue weighted by atomic mass is 9.75. The van der Waals surface area contributed by atoms with E-state index >= 15 is 0 Å². The van der Waals surface area contributed by atoms with Crippen LogP contribution in [0.3, 0.4) is 0 Å². The van der Waals surface area contributed by atoms with E-state index in [1.54, 1.807) is 12.3 Å². The first-order valence-electron chi connectivity index (χ1n) is 8.65. The summed E-state index contributed by atoms with van der Waals surface area (Å²) < 4.78 is 12.3. The van der Waals surface area contributed by atoms with Crippen LogP contribution in [-0.2, 0) is 4.74 Å². The van der Waals surface area contributed by atoms with Crippen LogP contribution < -0.4 is 4.74 Å². The highest BCUT2D eigenvalue weighted by atomic mass is 16.6. The predicted molar refractivity (Wildman–Crippen MR) is 88.5 cm³/mol. The van der Waals surface area contributed by atoms with Crippen molar-refractivity contribution < 1.29 is 14.3 Å². The van der Waals surface area contributed by atoms with Crippen molar-refractivity contribution >= 4 is 13.9 Å². The first-order valence-corrected chi connectivity index (χ1v) is 8.65. The highest BCUT2D eigenvalue weighted by Crippen LogP contribution is 3.02. The van der Waals surface area contributed by atoms with Gasteiger partial charge in [0.25, 0.3) is 0 Å². The summed E-state index contributed by atoms with van der Waals surface area (Å²) in [5.41, 5.74) is 0.806. The zero-order chi connectivity index (χ0) is 16.5. The van der Waals surface area contributed by atoms with Crippen molar-refractivity contribution in [1.82, 2.24) is 9.78 Å². The van der Waals surface area contributed by atoms with Crippen LogP contribution in [0.15, 0.2) is 12.3 Å². The minimum absolute atomic E-state index is 0.477. The number of rotatable bonds is 4. The zero-order valence-corrected chi connectivity index (χ0v) is 14.5. The number of fused-ring (bicyclic) bond motifs is 1. The van der Waals surface area contributed by atoms with Crippen molar-refractivity contribution in [3.8, 4) is 5.88 Å². The smallest absolute Gasteiger partial charge is 0.435 e. The fourth-order valence-electron chi connectivity index (χ4n) is 5.08. The van der Waals surface area contributed by atoms with E-state index in [9.17, 15) is 4.79 Å². The second-order valence-corrected chi connectivity index (χ2v) is 8.67. The molecule has 0 aliphatic heterocycles. The number of carbonyl (C=O) groups excluding carboxylic acids is 1. The van der Waals surface area contributed by atoms with Crippen molar-refractivity contribution in [3.05, 3.63) is 12.3 Å². The van der Waals surface area contributed by atoms with Gasteiger partial charge in [-0.1, -0.05) is 0 Å². The SMILES string of the molecule is BC1(CCOc2ccn(C(=O)OC(C)(C)C)n2)C2(CC2)C12CC2. The van der Waals surface area contributed by atoms with E-state index in [1.807, 2.05) is 20.8 Å². The Balaban J connectivity index is 1.30. The molecule has 3 aliphatic rings. The molecule has 0 radical (unpaired) electrons. The summed E-state index contributed by atoms with van der Waals surface area (Å²) in [5, 5.41) is 4.64. The standard InChI is InChI=1S/C17H25BN2O3/c1-14(2,3)23-13(21)20-10-4-12(19-20)22-11-9-17(18)15(5-6-15)16(17)7-8-16/h4,10H,5-9,11,18H2,1-3H3. The topological polar surface area (TPSA) is 53.4 Å². The highest BCUT2D eigenvalue weighted by Gasteiger charge is 2.91. The molecule has 0 amide bonds. The number of nitrogens with zero attached hydrogens (tertiary/aromatic N) is 2. The van der Waals surface area contributed by atoms with Crippen LogP contribution >= 0.6 is 0 Å². The molecule has 3 saturated carbocycles. The second-order valence-electron chi connectivity index (χ2n) is 8.67. The van der Waals surface area contributed by atoms with Gasteiger partial charge >= 0.3 is 6.09 Å². The van der Waals surface area contributed by atoms with Crippen LogP contribution in [0.4, 0.5) is 4.79 Å². The molecule has 3 fully saturated rings. The Morgan fingerprint density at radius 2 is 1.91 bits per heavy atom. The van der Waals surface area contributed by atoms with Gasteiger partial charge in [0.05, 0.1) is 6.61 Å². The van der Waals surface area contributed by atoms with Crippen molar-refractivity contribution in [1.29, 1.82) is 0 Å². The summed E-state index contributed by atoms with van der Waals surface area (Å²) in [6.45, 7) is 6.18. The number of aromatic nitrogens is 2. The Kier molecular flexibility index (Phi) is 2.85. The van der Waals surface area contributed by atoms with Crippen LogP contribution in [0.25, 0.3) is 0 Å². The van der Waals surface area contributed by atoms with Gasteiger partial charge in [0.2, 0.25) is 5.88 Å². The third kappa shape index (κ3) is 2.06. The molecule has 1 heterocycles. The normalized spacial score (nSPS) is 24.5. The van der Waals surface area contributed by atoms with E-state index in [1.165, 1.54) is 30.4 Å². The van der Waals surface area contributed by atoms with Gasteiger partial charge in [0, 0.05) is 12.3 Å². The Hall–Kier alpha value is -1.46.